The molecule has 13 heterocycles. The van der Waals surface area contributed by atoms with Crippen LogP contribution < -0.4 is 42.5 Å². The van der Waals surface area contributed by atoms with Gasteiger partial charge in [-0.3, -0.25) is 24.5 Å². The number of hydrogen-bond acceptors (Lipinski definition) is 21. The summed E-state index contributed by atoms with van der Waals surface area (Å²) in [4.78, 5) is 34.7. The van der Waals surface area contributed by atoms with Gasteiger partial charge < -0.3 is 81.7 Å². The molecule has 0 spiro atoms. The van der Waals surface area contributed by atoms with Crippen molar-refractivity contribution in [2.45, 2.75) is 480 Å². The van der Waals surface area contributed by atoms with Crippen LogP contribution in [0.3, 0.4) is 0 Å². The third-order valence-electron chi connectivity index (χ3n) is 42.1. The summed E-state index contributed by atoms with van der Waals surface area (Å²) in [5.74, 6) is 11.6. The molecule has 144 heavy (non-hydrogen) atoms. The Balaban J connectivity index is 0.000000141. The summed E-state index contributed by atoms with van der Waals surface area (Å²) < 4.78 is 0. The van der Waals surface area contributed by atoms with E-state index >= 15 is 0 Å². The molecule has 21 nitrogen and oxygen atoms in total. The van der Waals surface area contributed by atoms with E-state index in [0.717, 1.165) is 186 Å². The highest BCUT2D eigenvalue weighted by Crippen LogP contribution is 2.40. The fourth-order valence-corrected chi connectivity index (χ4v) is 30.0. The minimum atomic E-state index is 0.793. The Bertz CT molecular complexity index is 3150. The molecule has 10 atom stereocenters. The van der Waals surface area contributed by atoms with Gasteiger partial charge in [0.05, 0.1) is 0 Å². The molecule has 22 rings (SSSR count). The van der Waals surface area contributed by atoms with Gasteiger partial charge in [0.1, 0.15) is 0 Å². The van der Waals surface area contributed by atoms with E-state index in [1.165, 1.54) is 453 Å². The molecular formula is C123H245N21. The molecule has 13 aliphatic heterocycles. The highest BCUT2D eigenvalue weighted by atomic mass is 15.3. The van der Waals surface area contributed by atoms with Crippen molar-refractivity contribution in [1.29, 1.82) is 0 Å². The van der Waals surface area contributed by atoms with Gasteiger partial charge in [-0.05, 0) is 522 Å². The normalized spacial score (nSPS) is 37.5. The van der Waals surface area contributed by atoms with E-state index in [2.05, 4.69) is 260 Å². The zero-order valence-electron chi connectivity index (χ0n) is 99.2. The maximum absolute atomic E-state index is 3.42. The van der Waals surface area contributed by atoms with Crippen LogP contribution >= 0.6 is 0 Å². The fraction of sp³-hybridized carbons (Fsp3) is 1.00. The van der Waals surface area contributed by atoms with Crippen LogP contribution in [0.15, 0.2) is 0 Å². The molecule has 0 aromatic heterocycles. The summed E-state index contributed by atoms with van der Waals surface area (Å²) in [6.45, 7) is 63.5. The lowest BCUT2D eigenvalue weighted by molar-refractivity contribution is 0.0105. The van der Waals surface area contributed by atoms with Crippen molar-refractivity contribution < 1.29 is 0 Å². The highest BCUT2D eigenvalue weighted by molar-refractivity contribution is 5.00. The molecule has 13 saturated heterocycles. The SMILES string of the molecule is CC1CCN(C2CCN(C)C2)CC1.CC1CCN(C2CCN(C)CC2)CC1.CCC1CCC(N2CCC(C)CC2)C1.CNC1CC(N2CC(C)C2)C1.CNC1CC(N2CCC(C)CC2)C1.CNC1CC(N2CC[C@H](C)C2)C1.CNC1CCC(N2CC(C)C2)C1.CNC1CCC(N2CC(C)C2)CC1.CNC1CCC(N2CCC(C)CC2)CC1.CNC1CCC(N2CC[C@H](C)C2)C1.CNC1CCC(N2CC[C@H](C)C2)CC1. The Morgan fingerprint density at radius 3 is 0.653 bits per heavy atom. The third kappa shape index (κ3) is 40.3. The highest BCUT2D eigenvalue weighted by Gasteiger charge is 2.43. The van der Waals surface area contributed by atoms with E-state index in [4.69, 9.17) is 0 Å². The Hall–Kier alpha value is -0.840. The molecule has 21 heteroatoms. The monoisotopic (exact) mass is 2020 g/mol. The van der Waals surface area contributed by atoms with Crippen molar-refractivity contribution in [3.8, 4) is 0 Å². The molecule has 22 aliphatic rings. The molecule has 9 aliphatic carbocycles. The molecule has 0 radical (unpaired) electrons. The quantitative estimate of drug-likeness (QED) is 0.0586. The largest absolute Gasteiger partial charge is 0.317 e. The van der Waals surface area contributed by atoms with E-state index in [1.807, 2.05) is 0 Å². The minimum absolute atomic E-state index is 0.793. The number of rotatable bonds is 20. The average Bonchev–Trinajstić information content (AvgIpc) is 1.05. The predicted molar refractivity (Wildman–Crippen MR) is 620 cm³/mol. The van der Waals surface area contributed by atoms with Gasteiger partial charge in [0, 0.05) is 180 Å². The van der Waals surface area contributed by atoms with Gasteiger partial charge in [-0.15, -0.1) is 0 Å². The first-order valence-corrected chi connectivity index (χ1v) is 63.5. The zero-order valence-corrected chi connectivity index (χ0v) is 99.2. The first-order chi connectivity index (χ1) is 69.6. The van der Waals surface area contributed by atoms with E-state index in [0.29, 0.717) is 0 Å². The lowest BCUT2D eigenvalue weighted by atomic mass is 9.82. The first-order valence-electron chi connectivity index (χ1n) is 63.5. The number of nitrogens with one attached hydrogen (secondary N) is 8. The predicted octanol–water partition coefficient (Wildman–Crippen LogP) is 17.9. The second-order valence-corrected chi connectivity index (χ2v) is 54.0. The number of piperidine rings is 6. The van der Waals surface area contributed by atoms with E-state index in [-0.39, 0.29) is 0 Å². The molecule has 0 bridgehead atoms. The Morgan fingerprint density at radius 2 is 0.354 bits per heavy atom. The molecule has 0 amide bonds. The number of likely N-dealkylation sites (N-methyl/N-ethyl adjacent to an activating group) is 1. The smallest absolute Gasteiger partial charge is 0.0235 e. The van der Waals surface area contributed by atoms with Gasteiger partial charge in [0.2, 0.25) is 0 Å². The van der Waals surface area contributed by atoms with Crippen molar-refractivity contribution in [3.05, 3.63) is 0 Å². The van der Waals surface area contributed by atoms with Crippen LogP contribution in [-0.4, -0.2) is 419 Å². The van der Waals surface area contributed by atoms with E-state index < -0.39 is 0 Å². The van der Waals surface area contributed by atoms with Crippen LogP contribution in [0.2, 0.25) is 0 Å². The second-order valence-electron chi connectivity index (χ2n) is 54.0. The van der Waals surface area contributed by atoms with Gasteiger partial charge in [0.25, 0.3) is 0 Å². The van der Waals surface area contributed by atoms with E-state index in [1.54, 1.807) is 0 Å². The van der Waals surface area contributed by atoms with Crippen LogP contribution in [0.25, 0.3) is 0 Å². The molecule has 9 saturated carbocycles. The number of nitrogens with zero attached hydrogens (tertiary/aromatic N) is 13. The van der Waals surface area contributed by atoms with Crippen molar-refractivity contribution in [2.75, 3.05) is 241 Å². The van der Waals surface area contributed by atoms with Gasteiger partial charge in [-0.25, -0.2) is 0 Å². The summed E-state index contributed by atoms with van der Waals surface area (Å²) >= 11 is 0. The second kappa shape index (κ2) is 64.8. The minimum Gasteiger partial charge on any atom is -0.317 e. The lowest BCUT2D eigenvalue weighted by Crippen LogP contribution is -2.58. The first kappa shape index (κ1) is 122. The lowest BCUT2D eigenvalue weighted by Gasteiger charge is -2.49. The molecule has 0 aromatic rings. The standard InChI is InChI=1S/C13H26N2.C13H25N.2C12H24N2.4C11H22N2.2C10H20N2.C9H18N2/c1-11-7-9-15(10-8-11)13-5-3-12(14-2)4-6-13;1-3-12-4-5-13(10-12)14-8-6-11(2)7-9-14;1-11-3-9-14(10-4-11)12-5-7-13(2)8-6-12;1-10-7-8-14(9-10)12-5-3-11(13-2)4-6-12;1-10-3-7-13(8-4-10)11-5-6-12(2)9-11;1-9-7-13(8-9)11-5-3-10(12-2)4-6-11;1-9-3-5-13(6-4-9)11-7-10(8-11)12-2;1-9-5-6-13(8-9)11-4-3-10(7-11)12-2;1-8-6-12(7-8)10-4-3-9(5-10)11-2;1-8-3-4-12(7-8)10-5-9(6-10)11-2;1-7-5-11(6-7)9-3-8(4-9)10-2/h11-14H,3-10H2,1-2H3;11-13H,3-10H2,1-2H3;11-12H,3-10H2,1-2H3;10-13H,3-9H2,1-2H3;10-11H,3-9H2,1-2H3;3*9-12H,3-8H2,1-2H3;2*8-11H,3-7H2,1-2H3;7-10H,3-6H2,1-2H3/t;;;10-,11?,12?;;;;9-,10?,11?;;8-,9?,10?;/m...0...0.0./s1. The topological polar surface area (TPSA) is 138 Å². The van der Waals surface area contributed by atoms with Gasteiger partial charge in [0.15, 0.2) is 0 Å². The van der Waals surface area contributed by atoms with Crippen molar-refractivity contribution >= 4 is 0 Å². The van der Waals surface area contributed by atoms with Gasteiger partial charge in [-0.1, -0.05) is 89.5 Å². The maximum atomic E-state index is 3.42. The maximum Gasteiger partial charge on any atom is 0.0235 e. The molecule has 842 valence electrons. The van der Waals surface area contributed by atoms with Crippen molar-refractivity contribution in [3.63, 3.8) is 0 Å². The van der Waals surface area contributed by atoms with Gasteiger partial charge in [-0.2, -0.15) is 0 Å². The Labute approximate surface area is 892 Å². The summed E-state index contributed by atoms with van der Waals surface area (Å²) in [5, 5.41) is 27.0. The number of likely N-dealkylation sites (tertiary alicyclic amines) is 13. The Morgan fingerprint density at radius 1 is 0.153 bits per heavy atom. The van der Waals surface area contributed by atoms with Crippen molar-refractivity contribution in [1.82, 2.24) is 106 Å². The molecule has 7 unspecified atom stereocenters. The van der Waals surface area contributed by atoms with Crippen LogP contribution in [-0.2, 0) is 0 Å². The third-order valence-corrected chi connectivity index (χ3v) is 42.1. The average molecular weight is 2020 g/mol. The summed E-state index contributed by atoms with van der Waals surface area (Å²) in [6, 6.07) is 16.4. The number of hydrogen-bond donors (Lipinski definition) is 8. The van der Waals surface area contributed by atoms with Crippen LogP contribution in [0, 0.1) is 71.0 Å². The molecule has 22 fully saturated rings. The summed E-state index contributed by atoms with van der Waals surface area (Å²) in [6.07, 6.45) is 61.9. The molecule has 8 N–H and O–H groups in total. The summed E-state index contributed by atoms with van der Waals surface area (Å²) in [5.41, 5.74) is 0. The van der Waals surface area contributed by atoms with Crippen LogP contribution in [0.5, 0.6) is 0 Å². The van der Waals surface area contributed by atoms with Gasteiger partial charge >= 0.3 is 0 Å². The molecular weight excluding hydrogens is 1770 g/mol. The molecule has 0 aromatic carbocycles. The zero-order chi connectivity index (χ0) is 103. The summed E-state index contributed by atoms with van der Waals surface area (Å²) in [7, 11) is 21.2. The van der Waals surface area contributed by atoms with Crippen LogP contribution in [0.4, 0.5) is 0 Å². The fourth-order valence-electron chi connectivity index (χ4n) is 30.0. The Kier molecular flexibility index (Phi) is 54.7. The van der Waals surface area contributed by atoms with E-state index in [9.17, 15) is 0 Å². The van der Waals surface area contributed by atoms with Crippen molar-refractivity contribution in [2.24, 2.45) is 71.0 Å². The van der Waals surface area contributed by atoms with Crippen LogP contribution in [0.1, 0.15) is 366 Å².